The van der Waals surface area contributed by atoms with Crippen molar-refractivity contribution in [2.45, 2.75) is 40.0 Å². The van der Waals surface area contributed by atoms with Crippen LogP contribution in [0.5, 0.6) is 0 Å². The summed E-state index contributed by atoms with van der Waals surface area (Å²) in [6.45, 7) is 6.09. The summed E-state index contributed by atoms with van der Waals surface area (Å²) in [4.78, 5) is 10.6. The molecule has 0 spiro atoms. The average Bonchev–Trinajstić information content (AvgIpc) is 2.28. The number of rotatable bonds is 1. The molecule has 1 saturated carbocycles. The fourth-order valence-electron chi connectivity index (χ4n) is 1.72. The maximum absolute atomic E-state index is 10.6. The minimum absolute atomic E-state index is 0.312. The summed E-state index contributed by atoms with van der Waals surface area (Å²) in [6.07, 6.45) is 3.03. The van der Waals surface area contributed by atoms with Crippen LogP contribution in [0, 0.1) is 5.41 Å². The van der Waals surface area contributed by atoms with E-state index >= 15 is 0 Å². The van der Waals surface area contributed by atoms with Gasteiger partial charge in [0.25, 0.3) is 0 Å². The second-order valence-electron chi connectivity index (χ2n) is 4.37. The predicted octanol–water partition coefficient (Wildman–Crippen LogP) is 2.60. The van der Waals surface area contributed by atoms with Gasteiger partial charge in [-0.2, -0.15) is 0 Å². The lowest BCUT2D eigenvalue weighted by molar-refractivity contribution is -0.132. The van der Waals surface area contributed by atoms with Gasteiger partial charge in [0.1, 0.15) is 0 Å². The maximum Gasteiger partial charge on any atom is 0.331 e. The Labute approximate surface area is 73.3 Å². The Hall–Kier alpha value is -0.790. The summed E-state index contributed by atoms with van der Waals surface area (Å²) in [7, 11) is 0. The molecule has 1 rings (SSSR count). The van der Waals surface area contributed by atoms with Gasteiger partial charge in [-0.25, -0.2) is 4.79 Å². The van der Waals surface area contributed by atoms with Crippen LogP contribution in [0.25, 0.3) is 0 Å². The molecule has 12 heavy (non-hydrogen) atoms. The molecule has 0 atom stereocenters. The van der Waals surface area contributed by atoms with E-state index in [1.54, 1.807) is 6.92 Å². The highest BCUT2D eigenvalue weighted by Gasteiger charge is 2.28. The molecule has 1 aliphatic carbocycles. The number of carboxylic acids is 1. The minimum atomic E-state index is -0.761. The molecule has 0 amide bonds. The zero-order chi connectivity index (χ0) is 9.35. The van der Waals surface area contributed by atoms with Gasteiger partial charge in [-0.3, -0.25) is 0 Å². The third kappa shape index (κ3) is 1.87. The van der Waals surface area contributed by atoms with E-state index < -0.39 is 5.97 Å². The Morgan fingerprint density at radius 3 is 2.42 bits per heavy atom. The normalized spacial score (nSPS) is 25.6. The zero-order valence-corrected chi connectivity index (χ0v) is 7.98. The van der Waals surface area contributed by atoms with Crippen molar-refractivity contribution in [1.82, 2.24) is 0 Å². The lowest BCUT2D eigenvalue weighted by Crippen LogP contribution is -2.04. The summed E-state index contributed by atoms with van der Waals surface area (Å²) >= 11 is 0. The van der Waals surface area contributed by atoms with Crippen LogP contribution in [-0.2, 0) is 4.79 Å². The van der Waals surface area contributed by atoms with Crippen molar-refractivity contribution in [3.8, 4) is 0 Å². The van der Waals surface area contributed by atoms with E-state index in [1.165, 1.54) is 0 Å². The topological polar surface area (TPSA) is 37.3 Å². The third-order valence-corrected chi connectivity index (χ3v) is 2.65. The minimum Gasteiger partial charge on any atom is -0.478 e. The van der Waals surface area contributed by atoms with Gasteiger partial charge in [0.2, 0.25) is 0 Å². The highest BCUT2D eigenvalue weighted by Crippen LogP contribution is 2.41. The molecule has 0 radical (unpaired) electrons. The molecule has 1 N–H and O–H groups in total. The molecule has 2 nitrogen and oxygen atoms in total. The molecule has 0 heterocycles. The molecular formula is C10H16O2. The van der Waals surface area contributed by atoms with Crippen LogP contribution < -0.4 is 0 Å². The first-order valence-electron chi connectivity index (χ1n) is 4.34. The highest BCUT2D eigenvalue weighted by molar-refractivity contribution is 5.86. The molecule has 0 bridgehead atoms. The fourth-order valence-corrected chi connectivity index (χ4v) is 1.72. The van der Waals surface area contributed by atoms with Crippen LogP contribution in [-0.4, -0.2) is 11.1 Å². The molecule has 2 heteroatoms. The van der Waals surface area contributed by atoms with Crippen LogP contribution in [0.4, 0.5) is 0 Å². The fraction of sp³-hybridized carbons (Fsp3) is 0.700. The van der Waals surface area contributed by atoms with E-state index in [9.17, 15) is 4.79 Å². The van der Waals surface area contributed by atoms with E-state index in [2.05, 4.69) is 13.8 Å². The van der Waals surface area contributed by atoms with Crippen molar-refractivity contribution < 1.29 is 9.90 Å². The first-order chi connectivity index (χ1) is 5.42. The number of aliphatic carboxylic acids is 1. The lowest BCUT2D eigenvalue weighted by atomic mass is 9.91. The Morgan fingerprint density at radius 2 is 2.08 bits per heavy atom. The SMILES string of the molecule is CC(C(=O)O)=C1CCC(C)(C)C1. The van der Waals surface area contributed by atoms with Gasteiger partial charge in [0.15, 0.2) is 0 Å². The van der Waals surface area contributed by atoms with Crippen molar-refractivity contribution in [1.29, 1.82) is 0 Å². The molecule has 0 unspecified atom stereocenters. The zero-order valence-electron chi connectivity index (χ0n) is 7.98. The van der Waals surface area contributed by atoms with E-state index in [4.69, 9.17) is 5.11 Å². The molecule has 1 fully saturated rings. The Kier molecular flexibility index (Phi) is 2.27. The summed E-state index contributed by atoms with van der Waals surface area (Å²) in [5, 5.41) is 8.75. The molecule has 0 aromatic rings. The lowest BCUT2D eigenvalue weighted by Gasteiger charge is -2.14. The monoisotopic (exact) mass is 168 g/mol. The number of hydrogen-bond donors (Lipinski definition) is 1. The van der Waals surface area contributed by atoms with Gasteiger partial charge >= 0.3 is 5.97 Å². The molecule has 68 valence electrons. The van der Waals surface area contributed by atoms with Crippen LogP contribution in [0.1, 0.15) is 40.0 Å². The van der Waals surface area contributed by atoms with Gasteiger partial charge in [0.05, 0.1) is 0 Å². The van der Waals surface area contributed by atoms with Crippen molar-refractivity contribution >= 4 is 5.97 Å². The van der Waals surface area contributed by atoms with Crippen molar-refractivity contribution in [3.63, 3.8) is 0 Å². The molecule has 0 aliphatic heterocycles. The van der Waals surface area contributed by atoms with Crippen LogP contribution in [0.15, 0.2) is 11.1 Å². The number of carbonyl (C=O) groups is 1. The first kappa shape index (κ1) is 9.30. The first-order valence-corrected chi connectivity index (χ1v) is 4.34. The van der Waals surface area contributed by atoms with E-state index in [-0.39, 0.29) is 0 Å². The molecular weight excluding hydrogens is 152 g/mol. The number of allylic oxidation sites excluding steroid dienone is 1. The van der Waals surface area contributed by atoms with E-state index in [0.29, 0.717) is 11.0 Å². The summed E-state index contributed by atoms with van der Waals surface area (Å²) < 4.78 is 0. The van der Waals surface area contributed by atoms with Crippen LogP contribution in [0.3, 0.4) is 0 Å². The second-order valence-corrected chi connectivity index (χ2v) is 4.37. The van der Waals surface area contributed by atoms with Crippen molar-refractivity contribution in [2.75, 3.05) is 0 Å². The Balaban J connectivity index is 2.81. The summed E-state index contributed by atoms with van der Waals surface area (Å²) in [6, 6.07) is 0. The van der Waals surface area contributed by atoms with Crippen LogP contribution in [0.2, 0.25) is 0 Å². The standard InChI is InChI=1S/C10H16O2/c1-7(9(11)12)8-4-5-10(2,3)6-8/h4-6H2,1-3H3,(H,11,12). The predicted molar refractivity (Wildman–Crippen MR) is 48.0 cm³/mol. The maximum atomic E-state index is 10.6. The third-order valence-electron chi connectivity index (χ3n) is 2.65. The summed E-state index contributed by atoms with van der Waals surface area (Å²) in [5.74, 6) is -0.761. The molecule has 0 saturated heterocycles. The van der Waals surface area contributed by atoms with E-state index in [1.807, 2.05) is 0 Å². The summed E-state index contributed by atoms with van der Waals surface area (Å²) in [5.41, 5.74) is 2.00. The quantitative estimate of drug-likeness (QED) is 0.611. The van der Waals surface area contributed by atoms with E-state index in [0.717, 1.165) is 24.8 Å². The molecule has 0 aromatic heterocycles. The van der Waals surface area contributed by atoms with Crippen LogP contribution >= 0.6 is 0 Å². The highest BCUT2D eigenvalue weighted by atomic mass is 16.4. The van der Waals surface area contributed by atoms with Crippen molar-refractivity contribution in [3.05, 3.63) is 11.1 Å². The largest absolute Gasteiger partial charge is 0.478 e. The molecule has 1 aliphatic rings. The van der Waals surface area contributed by atoms with Gasteiger partial charge < -0.3 is 5.11 Å². The number of hydrogen-bond acceptors (Lipinski definition) is 1. The Bertz CT molecular complexity index is 236. The van der Waals surface area contributed by atoms with Crippen molar-refractivity contribution in [2.24, 2.45) is 5.41 Å². The van der Waals surface area contributed by atoms with Gasteiger partial charge in [0, 0.05) is 5.57 Å². The number of carboxylic acid groups (broad SMARTS) is 1. The Morgan fingerprint density at radius 1 is 1.50 bits per heavy atom. The van der Waals surface area contributed by atoms with Gasteiger partial charge in [-0.05, 0) is 31.6 Å². The molecule has 0 aromatic carbocycles. The average molecular weight is 168 g/mol. The second kappa shape index (κ2) is 2.92. The van der Waals surface area contributed by atoms with Gasteiger partial charge in [-0.1, -0.05) is 19.4 Å². The smallest absolute Gasteiger partial charge is 0.331 e. The van der Waals surface area contributed by atoms with Gasteiger partial charge in [-0.15, -0.1) is 0 Å².